The summed E-state index contributed by atoms with van der Waals surface area (Å²) in [7, 11) is 0. The van der Waals surface area contributed by atoms with Gasteiger partial charge in [0, 0.05) is 12.6 Å². The number of carbonyl (C=O) groups is 1. The van der Waals surface area contributed by atoms with Crippen molar-refractivity contribution < 1.29 is 4.79 Å². The summed E-state index contributed by atoms with van der Waals surface area (Å²) in [5.74, 6) is -0.0468. The Bertz CT molecular complexity index is 830. The van der Waals surface area contributed by atoms with E-state index in [0.717, 1.165) is 12.0 Å². The normalized spacial score (nSPS) is 12.9. The minimum atomic E-state index is -0.265. The Morgan fingerprint density at radius 2 is 1.74 bits per heavy atom. The number of benzene rings is 1. The van der Waals surface area contributed by atoms with Gasteiger partial charge in [0.2, 0.25) is 0 Å². The van der Waals surface area contributed by atoms with Crippen LogP contribution in [0.1, 0.15) is 75.6 Å². The summed E-state index contributed by atoms with van der Waals surface area (Å²) in [4.78, 5) is 24.6. The van der Waals surface area contributed by atoms with E-state index in [9.17, 15) is 9.59 Å². The Labute approximate surface area is 161 Å². The second kappa shape index (κ2) is 8.51. The maximum atomic E-state index is 12.7. The van der Waals surface area contributed by atoms with Crippen molar-refractivity contribution in [2.45, 2.75) is 66.0 Å². The summed E-state index contributed by atoms with van der Waals surface area (Å²) in [5, 5.41) is 7.29. The molecule has 2 rings (SSSR count). The predicted molar refractivity (Wildman–Crippen MR) is 109 cm³/mol. The third-order valence-electron chi connectivity index (χ3n) is 4.62. The number of aromatic nitrogens is 2. The Morgan fingerprint density at radius 1 is 1.11 bits per heavy atom. The Kier molecular flexibility index (Phi) is 6.58. The molecule has 146 valence electrons. The zero-order valence-corrected chi connectivity index (χ0v) is 17.2. The maximum absolute atomic E-state index is 12.7. The number of amides is 1. The van der Waals surface area contributed by atoms with E-state index in [0.29, 0.717) is 6.54 Å². The molecule has 1 aromatic heterocycles. The van der Waals surface area contributed by atoms with Gasteiger partial charge >= 0.3 is 0 Å². The van der Waals surface area contributed by atoms with Crippen molar-refractivity contribution in [3.05, 3.63) is 63.6 Å². The van der Waals surface area contributed by atoms with Gasteiger partial charge in [-0.15, -0.1) is 0 Å². The van der Waals surface area contributed by atoms with Gasteiger partial charge in [0.1, 0.15) is 5.69 Å². The van der Waals surface area contributed by atoms with E-state index in [4.69, 9.17) is 0 Å². The van der Waals surface area contributed by atoms with E-state index in [1.165, 1.54) is 22.4 Å². The van der Waals surface area contributed by atoms with Crippen LogP contribution in [0.5, 0.6) is 0 Å². The van der Waals surface area contributed by atoms with E-state index >= 15 is 0 Å². The fraction of sp³-hybridized carbons (Fsp3) is 0.500. The van der Waals surface area contributed by atoms with Gasteiger partial charge in [-0.25, -0.2) is 4.68 Å². The Balaban J connectivity index is 2.24. The predicted octanol–water partition coefficient (Wildman–Crippen LogP) is 4.08. The van der Waals surface area contributed by atoms with Crippen LogP contribution in [0.15, 0.2) is 41.2 Å². The number of carbonyl (C=O) groups excluding carboxylic acids is 1. The fourth-order valence-electron chi connectivity index (χ4n) is 2.98. The molecule has 1 aromatic carbocycles. The number of aryl methyl sites for hydroxylation is 1. The van der Waals surface area contributed by atoms with Crippen molar-refractivity contribution in [3.8, 4) is 0 Å². The van der Waals surface area contributed by atoms with Crippen LogP contribution in [0.4, 0.5) is 0 Å². The van der Waals surface area contributed by atoms with Crippen LogP contribution < -0.4 is 10.9 Å². The molecule has 1 atom stereocenters. The molecule has 27 heavy (non-hydrogen) atoms. The lowest BCUT2D eigenvalue weighted by Gasteiger charge is -2.25. The first kappa shape index (κ1) is 20.9. The highest BCUT2D eigenvalue weighted by atomic mass is 16.2. The van der Waals surface area contributed by atoms with E-state index in [2.05, 4.69) is 69.3 Å². The molecule has 0 aliphatic heterocycles. The molecule has 5 nitrogen and oxygen atoms in total. The number of rotatable bonds is 6. The summed E-state index contributed by atoms with van der Waals surface area (Å²) in [6, 6.07) is 11.2. The van der Waals surface area contributed by atoms with Gasteiger partial charge in [-0.2, -0.15) is 5.10 Å². The second-order valence-corrected chi connectivity index (χ2v) is 8.35. The van der Waals surface area contributed by atoms with E-state index in [-0.39, 0.29) is 34.5 Å². The lowest BCUT2D eigenvalue weighted by atomic mass is 9.85. The molecule has 2 aromatic rings. The SMILES string of the molecule is CCCn1nc(C(=O)NC(c2ccc(C(C)(C)C)cc2)C(C)C)ccc1=O. The summed E-state index contributed by atoms with van der Waals surface area (Å²) in [6.07, 6.45) is 0.784. The van der Waals surface area contributed by atoms with Gasteiger partial charge in [-0.05, 0) is 34.9 Å². The first-order valence-electron chi connectivity index (χ1n) is 9.63. The van der Waals surface area contributed by atoms with Crippen LogP contribution in [0, 0.1) is 5.92 Å². The first-order chi connectivity index (χ1) is 12.6. The molecule has 0 aliphatic rings. The van der Waals surface area contributed by atoms with Gasteiger partial charge in [-0.3, -0.25) is 9.59 Å². The lowest BCUT2D eigenvalue weighted by molar-refractivity contribution is 0.0917. The van der Waals surface area contributed by atoms with Crippen molar-refractivity contribution >= 4 is 5.91 Å². The van der Waals surface area contributed by atoms with Crippen LogP contribution in [0.25, 0.3) is 0 Å². The van der Waals surface area contributed by atoms with Gasteiger partial charge in [0.25, 0.3) is 11.5 Å². The average molecular weight is 370 g/mol. The van der Waals surface area contributed by atoms with Gasteiger partial charge < -0.3 is 5.32 Å². The number of hydrogen-bond donors (Lipinski definition) is 1. The number of nitrogens with one attached hydrogen (secondary N) is 1. The molecule has 0 spiro atoms. The van der Waals surface area contributed by atoms with Crippen molar-refractivity contribution in [1.82, 2.24) is 15.1 Å². The molecule has 1 heterocycles. The standard InChI is InChI=1S/C22H31N3O2/c1-7-14-25-19(26)13-12-18(24-25)21(27)23-20(15(2)3)16-8-10-17(11-9-16)22(4,5)6/h8-13,15,20H,7,14H2,1-6H3,(H,23,27). The van der Waals surface area contributed by atoms with Crippen LogP contribution in [-0.4, -0.2) is 15.7 Å². The molecule has 0 radical (unpaired) electrons. The maximum Gasteiger partial charge on any atom is 0.272 e. The van der Waals surface area contributed by atoms with Crippen molar-refractivity contribution in [3.63, 3.8) is 0 Å². The minimum absolute atomic E-state index is 0.0893. The molecule has 1 amide bonds. The Hall–Kier alpha value is -2.43. The van der Waals surface area contributed by atoms with Crippen LogP contribution in [0.3, 0.4) is 0 Å². The van der Waals surface area contributed by atoms with Crippen molar-refractivity contribution in [2.24, 2.45) is 5.92 Å². The lowest BCUT2D eigenvalue weighted by Crippen LogP contribution is -2.34. The van der Waals surface area contributed by atoms with Crippen molar-refractivity contribution in [1.29, 1.82) is 0 Å². The highest BCUT2D eigenvalue weighted by Crippen LogP contribution is 2.27. The molecule has 0 aliphatic carbocycles. The minimum Gasteiger partial charge on any atom is -0.344 e. The van der Waals surface area contributed by atoms with Crippen LogP contribution in [0.2, 0.25) is 0 Å². The van der Waals surface area contributed by atoms with Gasteiger partial charge in [-0.1, -0.05) is 65.8 Å². The molecule has 0 saturated carbocycles. The van der Waals surface area contributed by atoms with E-state index < -0.39 is 0 Å². The van der Waals surface area contributed by atoms with E-state index in [1.807, 2.05) is 6.92 Å². The molecule has 0 saturated heterocycles. The third kappa shape index (κ3) is 5.28. The van der Waals surface area contributed by atoms with E-state index in [1.54, 1.807) is 0 Å². The molecule has 1 unspecified atom stereocenters. The van der Waals surface area contributed by atoms with Gasteiger partial charge in [0.05, 0.1) is 6.04 Å². The third-order valence-corrected chi connectivity index (χ3v) is 4.62. The zero-order valence-electron chi connectivity index (χ0n) is 17.2. The Morgan fingerprint density at radius 3 is 2.26 bits per heavy atom. The second-order valence-electron chi connectivity index (χ2n) is 8.35. The zero-order chi connectivity index (χ0) is 20.2. The van der Waals surface area contributed by atoms with Crippen LogP contribution in [-0.2, 0) is 12.0 Å². The van der Waals surface area contributed by atoms with Gasteiger partial charge in [0.15, 0.2) is 0 Å². The average Bonchev–Trinajstić information content (AvgIpc) is 2.60. The molecular formula is C22H31N3O2. The smallest absolute Gasteiger partial charge is 0.272 e. The highest BCUT2D eigenvalue weighted by Gasteiger charge is 2.21. The number of hydrogen-bond acceptors (Lipinski definition) is 3. The summed E-state index contributed by atoms with van der Waals surface area (Å²) >= 11 is 0. The number of nitrogens with zero attached hydrogens (tertiary/aromatic N) is 2. The van der Waals surface area contributed by atoms with Crippen LogP contribution >= 0.6 is 0 Å². The molecular weight excluding hydrogens is 338 g/mol. The molecule has 5 heteroatoms. The molecule has 1 N–H and O–H groups in total. The molecule has 0 fully saturated rings. The fourth-order valence-corrected chi connectivity index (χ4v) is 2.98. The highest BCUT2D eigenvalue weighted by molar-refractivity contribution is 5.92. The summed E-state index contributed by atoms with van der Waals surface area (Å²) in [6.45, 7) is 13.2. The largest absolute Gasteiger partial charge is 0.344 e. The summed E-state index contributed by atoms with van der Waals surface area (Å²) in [5.41, 5.74) is 2.49. The topological polar surface area (TPSA) is 64.0 Å². The summed E-state index contributed by atoms with van der Waals surface area (Å²) < 4.78 is 1.34. The molecule has 0 bridgehead atoms. The quantitative estimate of drug-likeness (QED) is 0.834. The first-order valence-corrected chi connectivity index (χ1v) is 9.63. The monoisotopic (exact) mass is 369 g/mol. The van der Waals surface area contributed by atoms with Crippen molar-refractivity contribution in [2.75, 3.05) is 0 Å².